The lowest BCUT2D eigenvalue weighted by atomic mass is 10.1. The van der Waals surface area contributed by atoms with Crippen molar-refractivity contribution in [2.75, 3.05) is 12.4 Å². The number of nitrogens with zero attached hydrogens (tertiary/aromatic N) is 1. The van der Waals surface area contributed by atoms with Crippen LogP contribution in [0.5, 0.6) is 17.2 Å². The fraction of sp³-hybridized carbons (Fsp3) is 0.0667. The van der Waals surface area contributed by atoms with Gasteiger partial charge in [0.2, 0.25) is 0 Å². The Morgan fingerprint density at radius 3 is 2.50 bits per heavy atom. The van der Waals surface area contributed by atoms with E-state index in [9.17, 15) is 20.3 Å². The van der Waals surface area contributed by atoms with Crippen LogP contribution in [0.2, 0.25) is 0 Å². The zero-order valence-electron chi connectivity index (χ0n) is 11.7. The van der Waals surface area contributed by atoms with Crippen LogP contribution < -0.4 is 10.1 Å². The molecule has 0 aliphatic heterocycles. The molecule has 2 aromatic carbocycles. The van der Waals surface area contributed by atoms with Gasteiger partial charge in [-0.2, -0.15) is 0 Å². The summed E-state index contributed by atoms with van der Waals surface area (Å²) in [5, 5.41) is 33.1. The van der Waals surface area contributed by atoms with Gasteiger partial charge in [0, 0.05) is 5.69 Å². The van der Waals surface area contributed by atoms with Gasteiger partial charge in [-0.3, -0.25) is 10.1 Å². The number of nitrogens with one attached hydrogen (secondary N) is 1. The fourth-order valence-electron chi connectivity index (χ4n) is 1.80. The molecular formula is C15H14N2O5. The van der Waals surface area contributed by atoms with Gasteiger partial charge in [-0.05, 0) is 42.5 Å². The van der Waals surface area contributed by atoms with E-state index in [2.05, 4.69) is 5.32 Å². The first kappa shape index (κ1) is 15.2. The Hall–Kier alpha value is -3.22. The van der Waals surface area contributed by atoms with E-state index in [1.807, 2.05) is 0 Å². The first-order valence-electron chi connectivity index (χ1n) is 6.29. The number of hydrogen-bond acceptors (Lipinski definition) is 6. The first-order valence-corrected chi connectivity index (χ1v) is 6.29. The van der Waals surface area contributed by atoms with Gasteiger partial charge >= 0.3 is 0 Å². The molecule has 2 aromatic rings. The Labute approximate surface area is 126 Å². The van der Waals surface area contributed by atoms with Crippen molar-refractivity contribution in [2.24, 2.45) is 0 Å². The van der Waals surface area contributed by atoms with Gasteiger partial charge in [0.05, 0.1) is 23.8 Å². The minimum absolute atomic E-state index is 0.0778. The number of phenolic OH excluding ortho intramolecular Hbond substituents is 2. The molecule has 0 saturated heterocycles. The molecule has 0 heterocycles. The third kappa shape index (κ3) is 3.45. The predicted octanol–water partition coefficient (Wildman–Crippen LogP) is 2.79. The van der Waals surface area contributed by atoms with E-state index < -0.39 is 4.92 Å². The van der Waals surface area contributed by atoms with Crippen molar-refractivity contribution in [3.63, 3.8) is 0 Å². The van der Waals surface area contributed by atoms with Crippen LogP contribution in [0.3, 0.4) is 0 Å². The summed E-state index contributed by atoms with van der Waals surface area (Å²) in [7, 11) is 1.54. The number of benzene rings is 2. The smallest absolute Gasteiger partial charge is 0.296 e. The molecule has 0 unspecified atom stereocenters. The van der Waals surface area contributed by atoms with Crippen molar-refractivity contribution in [2.45, 2.75) is 0 Å². The molecule has 0 fully saturated rings. The van der Waals surface area contributed by atoms with Gasteiger partial charge in [0.25, 0.3) is 5.70 Å². The van der Waals surface area contributed by atoms with Gasteiger partial charge in [-0.1, -0.05) is 0 Å². The predicted molar refractivity (Wildman–Crippen MR) is 81.4 cm³/mol. The van der Waals surface area contributed by atoms with E-state index >= 15 is 0 Å². The van der Waals surface area contributed by atoms with Crippen LogP contribution in [0, 0.1) is 10.1 Å². The third-order valence-corrected chi connectivity index (χ3v) is 2.92. The highest BCUT2D eigenvalue weighted by molar-refractivity contribution is 5.68. The molecule has 0 aliphatic rings. The highest BCUT2D eigenvalue weighted by Gasteiger charge is 2.19. The van der Waals surface area contributed by atoms with Gasteiger partial charge in [0.15, 0.2) is 0 Å². The molecule has 0 radical (unpaired) electrons. The zero-order valence-corrected chi connectivity index (χ0v) is 11.7. The molecule has 0 atom stereocenters. The summed E-state index contributed by atoms with van der Waals surface area (Å²) in [6, 6.07) is 10.3. The van der Waals surface area contributed by atoms with E-state index in [0.29, 0.717) is 11.4 Å². The van der Waals surface area contributed by atoms with Gasteiger partial charge in [0.1, 0.15) is 17.2 Å². The lowest BCUT2D eigenvalue weighted by Crippen LogP contribution is -2.02. The molecule has 0 amide bonds. The van der Waals surface area contributed by atoms with Crippen molar-refractivity contribution in [1.82, 2.24) is 0 Å². The Morgan fingerprint density at radius 1 is 1.23 bits per heavy atom. The second-order valence-electron chi connectivity index (χ2n) is 4.36. The first-order chi connectivity index (χ1) is 10.5. The maximum Gasteiger partial charge on any atom is 0.296 e. The second-order valence-corrected chi connectivity index (χ2v) is 4.36. The van der Waals surface area contributed by atoms with Crippen molar-refractivity contribution in [3.8, 4) is 17.2 Å². The standard InChI is InChI=1S/C15H14N2O5/c1-22-12-5-2-10(3-6-12)16-9-14(17(20)21)13-8-11(18)4-7-15(13)19/h2-9,16,18-19H,1H3/b14-9-. The SMILES string of the molecule is COc1ccc(N/C=C(/c2cc(O)ccc2O)[N+](=O)[O-])cc1. The van der Waals surface area contributed by atoms with Crippen LogP contribution in [0.4, 0.5) is 5.69 Å². The van der Waals surface area contributed by atoms with E-state index in [1.54, 1.807) is 24.3 Å². The van der Waals surface area contributed by atoms with Crippen molar-refractivity contribution >= 4 is 11.4 Å². The minimum atomic E-state index is -0.648. The molecular weight excluding hydrogens is 288 g/mol. The van der Waals surface area contributed by atoms with Gasteiger partial charge < -0.3 is 20.3 Å². The number of anilines is 1. The Bertz CT molecular complexity index is 710. The Morgan fingerprint density at radius 2 is 1.91 bits per heavy atom. The summed E-state index contributed by atoms with van der Waals surface area (Å²) in [6.07, 6.45) is 1.15. The average molecular weight is 302 g/mol. The summed E-state index contributed by atoms with van der Waals surface area (Å²) in [6.45, 7) is 0. The van der Waals surface area contributed by atoms with Crippen LogP contribution in [0.1, 0.15) is 5.56 Å². The lowest BCUT2D eigenvalue weighted by molar-refractivity contribution is -0.375. The Kier molecular flexibility index (Phi) is 4.47. The topological polar surface area (TPSA) is 105 Å². The maximum absolute atomic E-state index is 11.2. The minimum Gasteiger partial charge on any atom is -0.508 e. The summed E-state index contributed by atoms with van der Waals surface area (Å²) < 4.78 is 5.02. The van der Waals surface area contributed by atoms with E-state index in [1.165, 1.54) is 19.2 Å². The second kappa shape index (κ2) is 6.49. The molecule has 0 bridgehead atoms. The summed E-state index contributed by atoms with van der Waals surface area (Å²) in [5.74, 6) is 0.192. The largest absolute Gasteiger partial charge is 0.508 e. The Balaban J connectivity index is 2.30. The molecule has 3 N–H and O–H groups in total. The van der Waals surface area contributed by atoms with Crippen LogP contribution in [-0.4, -0.2) is 22.2 Å². The van der Waals surface area contributed by atoms with Gasteiger partial charge in [-0.15, -0.1) is 0 Å². The molecule has 0 aliphatic carbocycles. The van der Waals surface area contributed by atoms with Crippen LogP contribution >= 0.6 is 0 Å². The summed E-state index contributed by atoms with van der Waals surface area (Å²) in [4.78, 5) is 10.5. The van der Waals surface area contributed by atoms with Crippen molar-refractivity contribution in [3.05, 3.63) is 64.3 Å². The molecule has 7 nitrogen and oxygen atoms in total. The lowest BCUT2D eigenvalue weighted by Gasteiger charge is -2.05. The third-order valence-electron chi connectivity index (χ3n) is 2.92. The zero-order chi connectivity index (χ0) is 16.1. The number of nitro groups is 1. The molecule has 114 valence electrons. The van der Waals surface area contributed by atoms with E-state index in [4.69, 9.17) is 4.74 Å². The van der Waals surface area contributed by atoms with E-state index in [-0.39, 0.29) is 22.8 Å². The number of hydrogen-bond donors (Lipinski definition) is 3. The molecule has 0 spiro atoms. The highest BCUT2D eigenvalue weighted by atomic mass is 16.6. The number of rotatable bonds is 5. The number of phenols is 2. The summed E-state index contributed by atoms with van der Waals surface area (Å²) in [5.41, 5.74) is 0.162. The van der Waals surface area contributed by atoms with Crippen LogP contribution in [-0.2, 0) is 0 Å². The maximum atomic E-state index is 11.2. The number of aromatic hydroxyl groups is 2. The molecule has 2 rings (SSSR count). The molecule has 0 aromatic heterocycles. The fourth-order valence-corrected chi connectivity index (χ4v) is 1.80. The monoisotopic (exact) mass is 302 g/mol. The number of methoxy groups -OCH3 is 1. The molecule has 7 heteroatoms. The van der Waals surface area contributed by atoms with Crippen molar-refractivity contribution in [1.29, 1.82) is 0 Å². The van der Waals surface area contributed by atoms with E-state index in [0.717, 1.165) is 12.3 Å². The van der Waals surface area contributed by atoms with Crippen molar-refractivity contribution < 1.29 is 19.9 Å². The normalized spacial score (nSPS) is 11.0. The average Bonchev–Trinajstić information content (AvgIpc) is 2.51. The highest BCUT2D eigenvalue weighted by Crippen LogP contribution is 2.29. The summed E-state index contributed by atoms with van der Waals surface area (Å²) >= 11 is 0. The molecule has 0 saturated carbocycles. The molecule has 22 heavy (non-hydrogen) atoms. The van der Waals surface area contributed by atoms with Crippen LogP contribution in [0.25, 0.3) is 5.70 Å². The van der Waals surface area contributed by atoms with Crippen LogP contribution in [0.15, 0.2) is 48.7 Å². The number of ether oxygens (including phenoxy) is 1. The van der Waals surface area contributed by atoms with Gasteiger partial charge in [-0.25, -0.2) is 0 Å². The quantitative estimate of drug-likeness (QED) is 0.445.